The number of nitrogens with zero attached hydrogens (tertiary/aromatic N) is 6. The second kappa shape index (κ2) is 8.48. The Morgan fingerprint density at radius 3 is 2.85 bits per heavy atom. The molecule has 3 aromatic heterocycles. The summed E-state index contributed by atoms with van der Waals surface area (Å²) in [7, 11) is 1.87. The zero-order chi connectivity index (χ0) is 22.9. The molecule has 33 heavy (non-hydrogen) atoms. The van der Waals surface area contributed by atoms with Crippen molar-refractivity contribution in [3.8, 4) is 5.82 Å². The summed E-state index contributed by atoms with van der Waals surface area (Å²) in [4.78, 5) is 16.5. The summed E-state index contributed by atoms with van der Waals surface area (Å²) in [6.45, 7) is 1.05. The Bertz CT molecular complexity index is 1310. The van der Waals surface area contributed by atoms with Gasteiger partial charge in [-0.1, -0.05) is 6.07 Å². The number of primary amides is 1. The molecule has 0 bridgehead atoms. The van der Waals surface area contributed by atoms with Gasteiger partial charge >= 0.3 is 0 Å². The number of carbonyl (C=O) groups excluding carboxylic acids is 1. The summed E-state index contributed by atoms with van der Waals surface area (Å²) in [5.74, 6) is 0.525. The normalized spacial score (nSPS) is 18.4. The number of ether oxygens (including phenoxy) is 1. The molecule has 1 fully saturated rings. The fraction of sp³-hybridized carbons (Fsp3) is 0.286. The zero-order valence-corrected chi connectivity index (χ0v) is 18.0. The van der Waals surface area contributed by atoms with Gasteiger partial charge in [-0.25, -0.2) is 0 Å². The molecule has 1 amide bonds. The van der Waals surface area contributed by atoms with Crippen molar-refractivity contribution in [1.29, 1.82) is 0 Å². The number of carbonyl (C=O) groups is 1. The Labute approximate surface area is 188 Å². The largest absolute Gasteiger partial charge is 0.380 e. The predicted molar refractivity (Wildman–Crippen MR) is 122 cm³/mol. The van der Waals surface area contributed by atoms with Crippen LogP contribution in [0.2, 0.25) is 0 Å². The Kier molecular flexibility index (Phi) is 5.36. The first-order chi connectivity index (χ1) is 16.0. The highest BCUT2D eigenvalue weighted by Crippen LogP contribution is 2.29. The van der Waals surface area contributed by atoms with Gasteiger partial charge in [0.15, 0.2) is 17.3 Å². The third kappa shape index (κ3) is 4.08. The van der Waals surface area contributed by atoms with E-state index in [0.717, 1.165) is 22.4 Å². The number of amides is 1. The Morgan fingerprint density at radius 2 is 2.09 bits per heavy atom. The summed E-state index contributed by atoms with van der Waals surface area (Å²) in [6.07, 6.45) is 4.53. The molecule has 1 saturated heterocycles. The van der Waals surface area contributed by atoms with Gasteiger partial charge in [-0.15, -0.1) is 10.2 Å². The Morgan fingerprint density at radius 1 is 1.21 bits per heavy atom. The molecule has 0 saturated carbocycles. The highest BCUT2D eigenvalue weighted by Gasteiger charge is 2.24. The van der Waals surface area contributed by atoms with E-state index in [9.17, 15) is 4.79 Å². The molecule has 0 spiro atoms. The lowest BCUT2D eigenvalue weighted by Gasteiger charge is -2.29. The molecule has 2 atom stereocenters. The van der Waals surface area contributed by atoms with E-state index in [1.807, 2.05) is 54.3 Å². The summed E-state index contributed by atoms with van der Waals surface area (Å²) in [6, 6.07) is 9.41. The lowest BCUT2D eigenvalue weighted by atomic mass is 10.1. The number of hydrogen-bond donors (Lipinski definition) is 4. The number of hydrogen-bond acceptors (Lipinski definition) is 9. The van der Waals surface area contributed by atoms with Crippen molar-refractivity contribution < 1.29 is 9.53 Å². The first-order valence-electron chi connectivity index (χ1n) is 10.5. The molecule has 0 aliphatic carbocycles. The van der Waals surface area contributed by atoms with Gasteiger partial charge in [-0.05, 0) is 24.6 Å². The number of aromatic nitrogens is 6. The van der Waals surface area contributed by atoms with Crippen molar-refractivity contribution in [2.45, 2.75) is 18.5 Å². The Hall–Kier alpha value is -4.03. The fourth-order valence-corrected chi connectivity index (χ4v) is 3.88. The van der Waals surface area contributed by atoms with Crippen LogP contribution in [0.15, 0.2) is 42.7 Å². The third-order valence-corrected chi connectivity index (χ3v) is 5.57. The molecule has 5 rings (SSSR count). The molecule has 1 aliphatic rings. The fourth-order valence-electron chi connectivity index (χ4n) is 3.88. The number of aryl methyl sites for hydroxylation is 1. The summed E-state index contributed by atoms with van der Waals surface area (Å²) >= 11 is 0. The molecule has 12 nitrogen and oxygen atoms in total. The van der Waals surface area contributed by atoms with Crippen LogP contribution in [0.4, 0.5) is 17.5 Å². The molecule has 1 aliphatic heterocycles. The Balaban J connectivity index is 1.49. The maximum Gasteiger partial charge on any atom is 0.273 e. The van der Waals surface area contributed by atoms with Gasteiger partial charge in [0.05, 0.1) is 12.1 Å². The van der Waals surface area contributed by atoms with Gasteiger partial charge in [0.2, 0.25) is 5.95 Å². The molecule has 0 unspecified atom stereocenters. The van der Waals surface area contributed by atoms with E-state index >= 15 is 0 Å². The van der Waals surface area contributed by atoms with Crippen LogP contribution >= 0.6 is 0 Å². The molecule has 12 heteroatoms. The molecule has 1 aromatic carbocycles. The second-order valence-electron chi connectivity index (χ2n) is 7.87. The van der Waals surface area contributed by atoms with E-state index < -0.39 is 5.91 Å². The van der Waals surface area contributed by atoms with Crippen LogP contribution in [0, 0.1) is 0 Å². The standard InChI is InChI=1S/C21H24N10O2/c1-30-8-6-17(29-30)31-9-5-12-14(3-2-4-16(12)31)24-20-18(19(23)32)27-28-21(26-20)25-15-7-10-33-11-13(15)22/h2-6,8-9,13,15H,7,10-11,22H2,1H3,(H2,23,32)(H2,24,25,26,28)/t13-,15+/m0/s1. The minimum atomic E-state index is -0.731. The van der Waals surface area contributed by atoms with Crippen LogP contribution in [0.1, 0.15) is 16.9 Å². The van der Waals surface area contributed by atoms with Crippen LogP contribution in [-0.2, 0) is 11.8 Å². The van der Waals surface area contributed by atoms with Gasteiger partial charge in [-0.3, -0.25) is 14.0 Å². The molecule has 4 aromatic rings. The van der Waals surface area contributed by atoms with Gasteiger partial charge in [0.1, 0.15) is 0 Å². The lowest BCUT2D eigenvalue weighted by Crippen LogP contribution is -2.48. The van der Waals surface area contributed by atoms with E-state index in [1.165, 1.54) is 0 Å². The average Bonchev–Trinajstić information content (AvgIpc) is 3.42. The van der Waals surface area contributed by atoms with Crippen LogP contribution in [0.3, 0.4) is 0 Å². The van der Waals surface area contributed by atoms with Gasteiger partial charge in [0.25, 0.3) is 5.91 Å². The molecule has 6 N–H and O–H groups in total. The summed E-state index contributed by atoms with van der Waals surface area (Å²) in [5.41, 5.74) is 13.3. The van der Waals surface area contributed by atoms with Crippen LogP contribution < -0.4 is 22.1 Å². The van der Waals surface area contributed by atoms with Crippen molar-refractivity contribution in [3.05, 3.63) is 48.4 Å². The van der Waals surface area contributed by atoms with E-state index in [-0.39, 0.29) is 29.5 Å². The highest BCUT2D eigenvalue weighted by atomic mass is 16.5. The number of benzene rings is 1. The van der Waals surface area contributed by atoms with Crippen molar-refractivity contribution in [2.24, 2.45) is 18.5 Å². The molecular weight excluding hydrogens is 424 g/mol. The van der Waals surface area contributed by atoms with Gasteiger partial charge in [-0.2, -0.15) is 10.1 Å². The first-order valence-corrected chi connectivity index (χ1v) is 10.5. The first kappa shape index (κ1) is 20.8. The molecule has 4 heterocycles. The maximum atomic E-state index is 12.0. The average molecular weight is 448 g/mol. The van der Waals surface area contributed by atoms with Crippen LogP contribution in [0.25, 0.3) is 16.7 Å². The monoisotopic (exact) mass is 448 g/mol. The second-order valence-corrected chi connectivity index (χ2v) is 7.87. The number of nitrogens with one attached hydrogen (secondary N) is 2. The van der Waals surface area contributed by atoms with E-state index in [4.69, 9.17) is 16.2 Å². The van der Waals surface area contributed by atoms with Crippen molar-refractivity contribution >= 4 is 34.3 Å². The summed E-state index contributed by atoms with van der Waals surface area (Å²) < 4.78 is 9.10. The van der Waals surface area contributed by atoms with Crippen molar-refractivity contribution in [1.82, 2.24) is 29.5 Å². The maximum absolute atomic E-state index is 12.0. The van der Waals surface area contributed by atoms with Gasteiger partial charge in [0, 0.05) is 55.3 Å². The zero-order valence-electron chi connectivity index (χ0n) is 18.0. The van der Waals surface area contributed by atoms with Crippen LogP contribution in [-0.4, -0.2) is 60.7 Å². The van der Waals surface area contributed by atoms with Crippen LogP contribution in [0.5, 0.6) is 0 Å². The number of nitrogens with two attached hydrogens (primary N) is 2. The molecule has 170 valence electrons. The number of rotatable bonds is 6. The minimum absolute atomic E-state index is 0.0574. The highest BCUT2D eigenvalue weighted by molar-refractivity contribution is 5.99. The number of anilines is 3. The smallest absolute Gasteiger partial charge is 0.273 e. The van der Waals surface area contributed by atoms with Crippen molar-refractivity contribution in [3.63, 3.8) is 0 Å². The van der Waals surface area contributed by atoms with E-state index in [2.05, 4.69) is 30.9 Å². The van der Waals surface area contributed by atoms with E-state index in [1.54, 1.807) is 4.68 Å². The van der Waals surface area contributed by atoms with E-state index in [0.29, 0.717) is 19.6 Å². The molecular formula is C21H24N10O2. The minimum Gasteiger partial charge on any atom is -0.380 e. The van der Waals surface area contributed by atoms with Crippen molar-refractivity contribution in [2.75, 3.05) is 23.8 Å². The topological polar surface area (TPSA) is 164 Å². The quantitative estimate of drug-likeness (QED) is 0.336. The lowest BCUT2D eigenvalue weighted by molar-refractivity contribution is 0.0751. The molecule has 0 radical (unpaired) electrons. The third-order valence-electron chi connectivity index (χ3n) is 5.57. The SMILES string of the molecule is Cn1ccc(-n2ccc3c(Nc4nc(N[C@@H]5CCOC[C@@H]5N)nnc4C(N)=O)cccc32)n1. The number of fused-ring (bicyclic) bond motifs is 1. The predicted octanol–water partition coefficient (Wildman–Crippen LogP) is 0.920. The summed E-state index contributed by atoms with van der Waals surface area (Å²) in [5, 5.41) is 19.8. The van der Waals surface area contributed by atoms with Gasteiger partial charge < -0.3 is 26.8 Å².